The summed E-state index contributed by atoms with van der Waals surface area (Å²) in [6, 6.07) is 16.1. The van der Waals surface area contributed by atoms with Crippen molar-refractivity contribution in [3.63, 3.8) is 0 Å². The van der Waals surface area contributed by atoms with Gasteiger partial charge in [-0.15, -0.1) is 0 Å². The smallest absolute Gasteiger partial charge is 0.258 e. The van der Waals surface area contributed by atoms with Crippen LogP contribution in [-0.2, 0) is 0 Å². The van der Waals surface area contributed by atoms with Gasteiger partial charge in [0.05, 0.1) is 0 Å². The lowest BCUT2D eigenvalue weighted by Gasteiger charge is -2.11. The van der Waals surface area contributed by atoms with Crippen LogP contribution in [0.25, 0.3) is 22.8 Å². The van der Waals surface area contributed by atoms with Gasteiger partial charge >= 0.3 is 0 Å². The third-order valence-corrected chi connectivity index (χ3v) is 3.33. The maximum atomic E-state index is 5.37. The Morgan fingerprint density at radius 3 is 2.38 bits per heavy atom. The van der Waals surface area contributed by atoms with Crippen molar-refractivity contribution in [3.8, 4) is 22.8 Å². The summed E-state index contributed by atoms with van der Waals surface area (Å²) in [5.41, 5.74) is 4.20. The Morgan fingerprint density at radius 2 is 1.71 bits per heavy atom. The minimum absolute atomic E-state index is 0.547. The predicted octanol–water partition coefficient (Wildman–Crippen LogP) is 3.78. The van der Waals surface area contributed by atoms with Crippen molar-refractivity contribution in [3.05, 3.63) is 54.1 Å². The largest absolute Gasteiger partial charge is 0.378 e. The van der Waals surface area contributed by atoms with Crippen molar-refractivity contribution in [2.75, 3.05) is 19.0 Å². The fraction of sp³-hybridized carbons (Fsp3) is 0.176. The zero-order valence-corrected chi connectivity index (χ0v) is 12.4. The van der Waals surface area contributed by atoms with E-state index in [0.717, 1.165) is 16.8 Å². The fourth-order valence-corrected chi connectivity index (χ4v) is 2.14. The van der Waals surface area contributed by atoms with Crippen molar-refractivity contribution in [2.45, 2.75) is 6.92 Å². The maximum Gasteiger partial charge on any atom is 0.258 e. The van der Waals surface area contributed by atoms with Gasteiger partial charge in [0.25, 0.3) is 5.89 Å². The second-order valence-electron chi connectivity index (χ2n) is 5.23. The number of hydrogen-bond acceptors (Lipinski definition) is 4. The van der Waals surface area contributed by atoms with E-state index in [9.17, 15) is 0 Å². The highest BCUT2D eigenvalue weighted by Gasteiger charge is 2.10. The lowest BCUT2D eigenvalue weighted by Crippen LogP contribution is -2.07. The quantitative estimate of drug-likeness (QED) is 0.731. The predicted molar refractivity (Wildman–Crippen MR) is 84.2 cm³/mol. The molecule has 0 aliphatic carbocycles. The molecule has 0 radical (unpaired) electrons. The molecule has 0 aliphatic heterocycles. The first-order valence-corrected chi connectivity index (χ1v) is 6.82. The van der Waals surface area contributed by atoms with E-state index in [1.807, 2.05) is 69.6 Å². The Labute approximate surface area is 124 Å². The molecule has 106 valence electrons. The molecule has 0 amide bonds. The molecular formula is C17H17N3O. The Balaban J connectivity index is 1.91. The number of anilines is 1. The molecule has 0 bridgehead atoms. The van der Waals surface area contributed by atoms with E-state index >= 15 is 0 Å². The van der Waals surface area contributed by atoms with Gasteiger partial charge in [-0.1, -0.05) is 22.9 Å². The Bertz CT molecular complexity index is 745. The average molecular weight is 279 g/mol. The van der Waals surface area contributed by atoms with Gasteiger partial charge in [-0.05, 0) is 43.3 Å². The molecule has 0 fully saturated rings. The van der Waals surface area contributed by atoms with Crippen LogP contribution < -0.4 is 4.90 Å². The molecule has 0 N–H and O–H groups in total. The zero-order valence-electron chi connectivity index (χ0n) is 12.4. The first-order chi connectivity index (χ1) is 10.1. The van der Waals surface area contributed by atoms with Gasteiger partial charge in [0.15, 0.2) is 0 Å². The topological polar surface area (TPSA) is 42.2 Å². The Morgan fingerprint density at radius 1 is 0.952 bits per heavy atom. The van der Waals surface area contributed by atoms with Crippen LogP contribution in [0.15, 0.2) is 53.1 Å². The lowest BCUT2D eigenvalue weighted by atomic mass is 10.1. The summed E-state index contributed by atoms with van der Waals surface area (Å²) in [5.74, 6) is 1.15. The maximum absolute atomic E-state index is 5.37. The molecule has 0 atom stereocenters. The van der Waals surface area contributed by atoms with Crippen molar-refractivity contribution < 1.29 is 4.52 Å². The molecule has 0 saturated carbocycles. The van der Waals surface area contributed by atoms with Gasteiger partial charge < -0.3 is 9.42 Å². The monoisotopic (exact) mass is 279 g/mol. The summed E-state index contributed by atoms with van der Waals surface area (Å²) in [6.07, 6.45) is 0. The van der Waals surface area contributed by atoms with Crippen molar-refractivity contribution in [2.24, 2.45) is 0 Å². The van der Waals surface area contributed by atoms with Crippen LogP contribution in [0.1, 0.15) is 5.56 Å². The molecule has 4 nitrogen and oxygen atoms in total. The highest BCUT2D eigenvalue weighted by molar-refractivity contribution is 5.62. The summed E-state index contributed by atoms with van der Waals surface area (Å²) in [7, 11) is 4.03. The van der Waals surface area contributed by atoms with Crippen LogP contribution in [0.5, 0.6) is 0 Å². The van der Waals surface area contributed by atoms with Gasteiger partial charge in [0.2, 0.25) is 5.82 Å². The van der Waals surface area contributed by atoms with Crippen molar-refractivity contribution >= 4 is 5.69 Å². The molecule has 0 saturated heterocycles. The molecule has 3 aromatic rings. The van der Waals surface area contributed by atoms with Crippen LogP contribution in [-0.4, -0.2) is 24.2 Å². The van der Waals surface area contributed by atoms with Gasteiger partial charge in [0, 0.05) is 30.9 Å². The molecule has 21 heavy (non-hydrogen) atoms. The van der Waals surface area contributed by atoms with E-state index in [0.29, 0.717) is 11.7 Å². The van der Waals surface area contributed by atoms with Gasteiger partial charge in [0.1, 0.15) is 0 Å². The number of rotatable bonds is 3. The van der Waals surface area contributed by atoms with Gasteiger partial charge in [-0.25, -0.2) is 0 Å². The average Bonchev–Trinajstić information content (AvgIpc) is 2.97. The summed E-state index contributed by atoms with van der Waals surface area (Å²) >= 11 is 0. The molecular weight excluding hydrogens is 262 g/mol. The summed E-state index contributed by atoms with van der Waals surface area (Å²) in [6.45, 7) is 2.04. The molecule has 4 heteroatoms. The second kappa shape index (κ2) is 5.40. The third kappa shape index (κ3) is 2.79. The summed E-state index contributed by atoms with van der Waals surface area (Å²) < 4.78 is 5.37. The first kappa shape index (κ1) is 13.4. The molecule has 2 aromatic carbocycles. The van der Waals surface area contributed by atoms with E-state index in [1.165, 1.54) is 5.56 Å². The number of aromatic nitrogens is 2. The number of nitrogens with zero attached hydrogens (tertiary/aromatic N) is 3. The highest BCUT2D eigenvalue weighted by Crippen LogP contribution is 2.24. The van der Waals surface area contributed by atoms with E-state index in [1.54, 1.807) is 0 Å². The second-order valence-corrected chi connectivity index (χ2v) is 5.23. The van der Waals surface area contributed by atoms with Crippen molar-refractivity contribution in [1.82, 2.24) is 10.1 Å². The number of hydrogen-bond donors (Lipinski definition) is 0. The normalized spacial score (nSPS) is 10.6. The van der Waals surface area contributed by atoms with E-state index in [-0.39, 0.29) is 0 Å². The SMILES string of the molecule is Cc1cccc(-c2nc(-c3ccc(N(C)C)cc3)no2)c1. The molecule has 1 heterocycles. The standard InChI is InChI=1S/C17H17N3O/c1-12-5-4-6-14(11-12)17-18-16(19-21-17)13-7-9-15(10-8-13)20(2)3/h4-11H,1-3H3. The molecule has 3 rings (SSSR count). The number of benzene rings is 2. The molecule has 1 aromatic heterocycles. The minimum Gasteiger partial charge on any atom is -0.378 e. The molecule has 0 unspecified atom stereocenters. The third-order valence-electron chi connectivity index (χ3n) is 3.33. The molecule has 0 spiro atoms. The van der Waals surface area contributed by atoms with Crippen LogP contribution in [0.2, 0.25) is 0 Å². The van der Waals surface area contributed by atoms with Gasteiger partial charge in [-0.2, -0.15) is 4.98 Å². The minimum atomic E-state index is 0.547. The van der Waals surface area contributed by atoms with E-state index in [4.69, 9.17) is 4.52 Å². The molecule has 0 aliphatic rings. The van der Waals surface area contributed by atoms with E-state index < -0.39 is 0 Å². The summed E-state index contributed by atoms with van der Waals surface area (Å²) in [5, 5.41) is 4.07. The lowest BCUT2D eigenvalue weighted by molar-refractivity contribution is 0.432. The highest BCUT2D eigenvalue weighted by atomic mass is 16.5. The fourth-order valence-electron chi connectivity index (χ4n) is 2.14. The van der Waals surface area contributed by atoms with Gasteiger partial charge in [-0.3, -0.25) is 0 Å². The Hall–Kier alpha value is -2.62. The van der Waals surface area contributed by atoms with E-state index in [2.05, 4.69) is 15.0 Å². The first-order valence-electron chi connectivity index (χ1n) is 6.82. The van der Waals surface area contributed by atoms with Crippen LogP contribution >= 0.6 is 0 Å². The Kier molecular flexibility index (Phi) is 3.44. The number of aryl methyl sites for hydroxylation is 1. The summed E-state index contributed by atoms with van der Waals surface area (Å²) in [4.78, 5) is 6.53. The van der Waals surface area contributed by atoms with Crippen LogP contribution in [0, 0.1) is 6.92 Å². The zero-order chi connectivity index (χ0) is 14.8. The van der Waals surface area contributed by atoms with Crippen LogP contribution in [0.4, 0.5) is 5.69 Å². The van der Waals surface area contributed by atoms with Crippen LogP contribution in [0.3, 0.4) is 0 Å². The van der Waals surface area contributed by atoms with Crippen molar-refractivity contribution in [1.29, 1.82) is 0 Å².